The largest absolute Gasteiger partial charge is 0.309 e. The Labute approximate surface area is 336 Å². The van der Waals surface area contributed by atoms with Gasteiger partial charge in [-0.2, -0.15) is 0 Å². The lowest BCUT2D eigenvalue weighted by molar-refractivity contribution is 1.07. The molecule has 258 valence electrons. The fourth-order valence-electron chi connectivity index (χ4n) is 6.67. The Kier molecular flexibility index (Phi) is 5.52. The molecule has 0 saturated heterocycles. The zero-order valence-corrected chi connectivity index (χ0v) is 29.0. The molecule has 0 aliphatic rings. The number of hydrogen-bond acceptors (Lipinski definition) is 3. The molecule has 0 fully saturated rings. The normalized spacial score (nSPS) is 14.3. The fourth-order valence-corrected chi connectivity index (χ4v) is 6.67. The molecule has 0 saturated carbocycles. The van der Waals surface area contributed by atoms with Crippen molar-refractivity contribution in [2.24, 2.45) is 0 Å². The van der Waals surface area contributed by atoms with E-state index >= 15 is 0 Å². The van der Waals surface area contributed by atoms with E-state index in [0.29, 0.717) is 28.6 Å². The second-order valence-corrected chi connectivity index (χ2v) is 12.8. The van der Waals surface area contributed by atoms with Crippen molar-refractivity contribution in [2.75, 3.05) is 0 Å². The third-order valence-electron chi connectivity index (χ3n) is 9.44. The first-order valence-corrected chi connectivity index (χ1v) is 17.5. The van der Waals surface area contributed by atoms with Crippen molar-refractivity contribution in [1.29, 1.82) is 0 Å². The Balaban J connectivity index is 1.10. The van der Waals surface area contributed by atoms with Gasteiger partial charge in [0.05, 0.1) is 27.5 Å². The first-order chi connectivity index (χ1) is 32.2. The molecule has 10 aromatic rings. The van der Waals surface area contributed by atoms with E-state index in [1.54, 1.807) is 24.3 Å². The minimum absolute atomic E-state index is 0.0492. The number of hydrogen-bond donors (Lipinski definition) is 0. The average molecular weight is 715 g/mol. The number of rotatable bonds is 7. The van der Waals surface area contributed by atoms with E-state index < -0.39 is 78.2 Å². The molecule has 0 atom stereocenters. The summed E-state index contributed by atoms with van der Waals surface area (Å²) in [6.45, 7) is 0. The van der Waals surface area contributed by atoms with E-state index in [1.165, 1.54) is 0 Å². The maximum atomic E-state index is 9.63. The summed E-state index contributed by atoms with van der Waals surface area (Å²) < 4.78 is 107. The van der Waals surface area contributed by atoms with Crippen LogP contribution in [0.25, 0.3) is 95.0 Å². The Morgan fingerprint density at radius 2 is 0.727 bits per heavy atom. The van der Waals surface area contributed by atoms with Crippen molar-refractivity contribution in [3.63, 3.8) is 0 Å². The number of aromatic nitrogens is 4. The molecule has 8 aromatic carbocycles. The molecule has 2 aromatic heterocycles. The molecule has 0 bridgehead atoms. The van der Waals surface area contributed by atoms with E-state index in [9.17, 15) is 4.11 Å². The summed E-state index contributed by atoms with van der Waals surface area (Å²) in [6.07, 6.45) is 0. The molecular weight excluding hydrogens is 669 g/mol. The van der Waals surface area contributed by atoms with Crippen LogP contribution in [-0.4, -0.2) is 19.5 Å². The minimum Gasteiger partial charge on any atom is -0.309 e. The quantitative estimate of drug-likeness (QED) is 0.165. The summed E-state index contributed by atoms with van der Waals surface area (Å²) >= 11 is 0. The van der Waals surface area contributed by atoms with Gasteiger partial charge in [0.1, 0.15) is 0 Å². The van der Waals surface area contributed by atoms with Gasteiger partial charge < -0.3 is 4.57 Å². The molecule has 0 radical (unpaired) electrons. The molecule has 0 aliphatic heterocycles. The van der Waals surface area contributed by atoms with Crippen LogP contribution in [0.5, 0.6) is 0 Å². The van der Waals surface area contributed by atoms with E-state index in [2.05, 4.69) is 36.4 Å². The fraction of sp³-hybridized carbons (Fsp3) is 0. The zero-order valence-electron chi connectivity index (χ0n) is 41.0. The van der Waals surface area contributed by atoms with Gasteiger partial charge >= 0.3 is 0 Å². The average Bonchev–Trinajstić information content (AvgIpc) is 3.72. The highest BCUT2D eigenvalue weighted by molar-refractivity contribution is 6.10. The second-order valence-electron chi connectivity index (χ2n) is 12.8. The van der Waals surface area contributed by atoms with Crippen molar-refractivity contribution in [1.82, 2.24) is 19.5 Å². The van der Waals surface area contributed by atoms with Crippen LogP contribution < -0.4 is 0 Å². The van der Waals surface area contributed by atoms with Crippen LogP contribution in [0.2, 0.25) is 0 Å². The molecule has 4 nitrogen and oxygen atoms in total. The number of fused-ring (bicyclic) bond motifs is 3. The summed E-state index contributed by atoms with van der Waals surface area (Å²) in [5.41, 5.74) is 5.73. The van der Waals surface area contributed by atoms with Gasteiger partial charge in [-0.3, -0.25) is 0 Å². The van der Waals surface area contributed by atoms with Crippen LogP contribution in [-0.2, 0) is 0 Å². The second kappa shape index (κ2) is 13.8. The highest BCUT2D eigenvalue weighted by atomic mass is 15.0. The molecule has 10 rings (SSSR count). The molecule has 0 N–H and O–H groups in total. The lowest BCUT2D eigenvalue weighted by Crippen LogP contribution is -2.00. The van der Waals surface area contributed by atoms with Gasteiger partial charge in [0.15, 0.2) is 17.5 Å². The number of para-hydroxylation sites is 2. The van der Waals surface area contributed by atoms with E-state index in [0.717, 1.165) is 37.9 Å². The molecule has 0 amide bonds. The summed E-state index contributed by atoms with van der Waals surface area (Å²) in [4.78, 5) is 14.6. The summed E-state index contributed by atoms with van der Waals surface area (Å²) in [6, 6.07) is 35.6. The zero-order chi connectivity index (χ0) is 47.0. The van der Waals surface area contributed by atoms with Crippen LogP contribution in [0.4, 0.5) is 0 Å². The Morgan fingerprint density at radius 3 is 1.27 bits per heavy atom. The SMILES string of the molecule is [2H]c1c([2H])c([2H])c(-n2c3c([2H])c([2H])c([2H])c([2H])c3c3c([2H])c([2H])c(-c4ccc(-c5nc(-c6ccccc6)nc(-c6ccc(-c7ccc(-c8ccccc8)cc7)cc6)n5)cc4)c([2H])c32)c([2H])c1[2H]. The van der Waals surface area contributed by atoms with Crippen LogP contribution in [0.3, 0.4) is 0 Å². The van der Waals surface area contributed by atoms with E-state index in [-0.39, 0.29) is 27.4 Å². The topological polar surface area (TPSA) is 43.6 Å². The first-order valence-electron chi connectivity index (χ1n) is 23.5. The molecule has 2 heterocycles. The van der Waals surface area contributed by atoms with Gasteiger partial charge in [-0.1, -0.05) is 182 Å². The van der Waals surface area contributed by atoms with Gasteiger partial charge in [0, 0.05) is 33.2 Å². The molecule has 55 heavy (non-hydrogen) atoms. The molecule has 0 aliphatic carbocycles. The van der Waals surface area contributed by atoms with Crippen molar-refractivity contribution in [3.8, 4) is 73.2 Å². The Bertz CT molecular complexity index is 3590. The highest BCUT2D eigenvalue weighted by Gasteiger charge is 2.15. The van der Waals surface area contributed by atoms with Gasteiger partial charge in [0.2, 0.25) is 0 Å². The Morgan fingerprint density at radius 1 is 0.327 bits per heavy atom. The maximum Gasteiger partial charge on any atom is 0.164 e. The number of benzene rings is 8. The number of nitrogens with zero attached hydrogens (tertiary/aromatic N) is 4. The van der Waals surface area contributed by atoms with Crippen LogP contribution in [0, 0.1) is 0 Å². The van der Waals surface area contributed by atoms with Crippen LogP contribution >= 0.6 is 0 Å². The van der Waals surface area contributed by atoms with Crippen LogP contribution in [0.15, 0.2) is 206 Å². The molecule has 0 spiro atoms. The summed E-state index contributed by atoms with van der Waals surface area (Å²) in [7, 11) is 0. The van der Waals surface area contributed by atoms with Gasteiger partial charge in [-0.25, -0.2) is 15.0 Å². The van der Waals surface area contributed by atoms with Crippen molar-refractivity contribution < 1.29 is 16.4 Å². The van der Waals surface area contributed by atoms with E-state index in [1.807, 2.05) is 72.8 Å². The Hall–Kier alpha value is -7.43. The predicted molar refractivity (Wildman–Crippen MR) is 227 cm³/mol. The van der Waals surface area contributed by atoms with Gasteiger partial charge in [-0.15, -0.1) is 0 Å². The molecule has 4 heteroatoms. The van der Waals surface area contributed by atoms with Crippen molar-refractivity contribution in [2.45, 2.75) is 0 Å². The van der Waals surface area contributed by atoms with Crippen molar-refractivity contribution in [3.05, 3.63) is 206 Å². The summed E-state index contributed by atoms with van der Waals surface area (Å²) in [5.74, 6) is 1.21. The lowest BCUT2D eigenvalue weighted by atomic mass is 9.99. The third-order valence-corrected chi connectivity index (χ3v) is 9.44. The lowest BCUT2D eigenvalue weighted by Gasteiger charge is -2.11. The summed E-state index contributed by atoms with van der Waals surface area (Å²) in [5, 5.41) is -0.405. The monoisotopic (exact) mass is 714 g/mol. The smallest absolute Gasteiger partial charge is 0.164 e. The van der Waals surface area contributed by atoms with Gasteiger partial charge in [-0.05, 0) is 57.6 Å². The highest BCUT2D eigenvalue weighted by Crippen LogP contribution is 2.36. The molecule has 0 unspecified atom stereocenters. The van der Waals surface area contributed by atoms with Crippen molar-refractivity contribution >= 4 is 21.8 Å². The maximum absolute atomic E-state index is 9.63. The van der Waals surface area contributed by atoms with E-state index in [4.69, 9.17) is 27.3 Å². The predicted octanol–water partition coefficient (Wildman–Crippen LogP) is 13.0. The standard InChI is InChI=1S/C51H34N4/c1-4-12-35(13-5-1)36-20-22-37(23-21-36)38-24-28-41(29-25-38)50-52-49(40-14-6-2-7-15-40)53-51(54-50)42-30-26-39(27-31-42)43-32-33-46-45-18-10-11-19-47(45)55(48(46)34-43)44-16-8-3-9-17-44/h1-34H/i3D,8D,9D,10D,11D,16D,17D,18D,19D,32D,33D,34D. The third kappa shape index (κ3) is 6.16. The minimum atomic E-state index is -0.698. The van der Waals surface area contributed by atoms with Gasteiger partial charge in [0.25, 0.3) is 0 Å². The molecular formula is C51H34N4. The first kappa shape index (κ1) is 21.9. The van der Waals surface area contributed by atoms with Crippen LogP contribution in [0.1, 0.15) is 16.4 Å².